The molecular formula is C12H14O5. The molecule has 0 aromatic heterocycles. The molecule has 0 aliphatic carbocycles. The highest BCUT2D eigenvalue weighted by Crippen LogP contribution is 2.33. The van der Waals surface area contributed by atoms with Gasteiger partial charge in [-0.2, -0.15) is 0 Å². The highest BCUT2D eigenvalue weighted by Gasteiger charge is 2.17. The van der Waals surface area contributed by atoms with E-state index < -0.39 is 11.8 Å². The quantitative estimate of drug-likeness (QED) is 0.695. The number of carboxylic acid groups (broad SMARTS) is 1. The monoisotopic (exact) mass is 238 g/mol. The molecule has 0 aliphatic heterocycles. The van der Waals surface area contributed by atoms with Gasteiger partial charge in [0.25, 0.3) is 0 Å². The van der Waals surface area contributed by atoms with E-state index in [2.05, 4.69) is 0 Å². The number of carbonyl (C=O) groups excluding carboxylic acids is 1. The second-order valence-corrected chi connectivity index (χ2v) is 3.88. The summed E-state index contributed by atoms with van der Waals surface area (Å²) in [4.78, 5) is 22.0. The van der Waals surface area contributed by atoms with Crippen molar-refractivity contribution in [1.82, 2.24) is 0 Å². The van der Waals surface area contributed by atoms with Crippen LogP contribution in [0.15, 0.2) is 6.07 Å². The van der Waals surface area contributed by atoms with Gasteiger partial charge in [-0.05, 0) is 25.5 Å². The van der Waals surface area contributed by atoms with Crippen LogP contribution < -0.4 is 0 Å². The summed E-state index contributed by atoms with van der Waals surface area (Å²) in [6, 6.07) is 1.36. The van der Waals surface area contributed by atoms with Crippen molar-refractivity contribution in [2.24, 2.45) is 0 Å². The number of hydrogen-bond donors (Lipinski definition) is 3. The first-order valence-electron chi connectivity index (χ1n) is 5.11. The Morgan fingerprint density at radius 2 is 1.71 bits per heavy atom. The molecule has 5 heteroatoms. The van der Waals surface area contributed by atoms with E-state index >= 15 is 0 Å². The minimum atomic E-state index is -1.06. The maximum atomic E-state index is 11.7. The number of aromatic hydroxyl groups is 2. The average Bonchev–Trinajstić information content (AvgIpc) is 2.28. The maximum Gasteiger partial charge on any atom is 0.303 e. The molecule has 92 valence electrons. The lowest BCUT2D eigenvalue weighted by Crippen LogP contribution is -2.05. The molecule has 0 unspecified atom stereocenters. The smallest absolute Gasteiger partial charge is 0.303 e. The zero-order chi connectivity index (χ0) is 13.2. The number of carboxylic acids is 1. The number of Topliss-reactive ketones (excluding diaryl/α,β-unsaturated/α-hetero) is 1. The van der Waals surface area contributed by atoms with Crippen molar-refractivity contribution >= 4 is 11.8 Å². The Kier molecular flexibility index (Phi) is 3.73. The molecule has 0 heterocycles. The van der Waals surface area contributed by atoms with Crippen molar-refractivity contribution < 1.29 is 24.9 Å². The van der Waals surface area contributed by atoms with E-state index in [-0.39, 0.29) is 35.5 Å². The summed E-state index contributed by atoms with van der Waals surface area (Å²) in [7, 11) is 0. The van der Waals surface area contributed by atoms with Gasteiger partial charge in [-0.1, -0.05) is 0 Å². The van der Waals surface area contributed by atoms with Crippen LogP contribution in [-0.2, 0) is 4.79 Å². The van der Waals surface area contributed by atoms with Crippen LogP contribution in [0.2, 0.25) is 0 Å². The van der Waals surface area contributed by atoms with Gasteiger partial charge < -0.3 is 15.3 Å². The molecule has 0 fully saturated rings. The van der Waals surface area contributed by atoms with E-state index in [1.165, 1.54) is 13.0 Å². The summed E-state index contributed by atoms with van der Waals surface area (Å²) < 4.78 is 0. The van der Waals surface area contributed by atoms with E-state index in [0.29, 0.717) is 5.56 Å². The molecule has 0 bridgehead atoms. The van der Waals surface area contributed by atoms with Gasteiger partial charge in [0.05, 0.1) is 12.0 Å². The molecule has 0 saturated carbocycles. The van der Waals surface area contributed by atoms with Gasteiger partial charge in [-0.25, -0.2) is 0 Å². The first-order valence-corrected chi connectivity index (χ1v) is 5.11. The molecule has 17 heavy (non-hydrogen) atoms. The Hall–Kier alpha value is -2.04. The fraction of sp³-hybridized carbons (Fsp3) is 0.333. The van der Waals surface area contributed by atoms with Crippen molar-refractivity contribution in [3.05, 3.63) is 22.8 Å². The molecule has 0 aliphatic rings. The van der Waals surface area contributed by atoms with Gasteiger partial charge in [-0.3, -0.25) is 9.59 Å². The lowest BCUT2D eigenvalue weighted by molar-refractivity contribution is -0.136. The highest BCUT2D eigenvalue weighted by atomic mass is 16.4. The summed E-state index contributed by atoms with van der Waals surface area (Å²) in [5.74, 6) is -1.86. The third-order valence-corrected chi connectivity index (χ3v) is 2.57. The Morgan fingerprint density at radius 3 is 2.24 bits per heavy atom. The minimum Gasteiger partial charge on any atom is -0.507 e. The van der Waals surface area contributed by atoms with Crippen LogP contribution in [0.5, 0.6) is 11.5 Å². The summed E-state index contributed by atoms with van der Waals surface area (Å²) in [6.45, 7) is 3.10. The number of carbonyl (C=O) groups is 2. The molecule has 0 amide bonds. The zero-order valence-electron chi connectivity index (χ0n) is 9.65. The molecule has 0 atom stereocenters. The number of benzene rings is 1. The van der Waals surface area contributed by atoms with Gasteiger partial charge >= 0.3 is 5.97 Å². The predicted octanol–water partition coefficient (Wildman–Crippen LogP) is 1.76. The number of aryl methyl sites for hydroxylation is 1. The normalized spacial score (nSPS) is 10.2. The van der Waals surface area contributed by atoms with Crippen molar-refractivity contribution in [2.45, 2.75) is 26.7 Å². The standard InChI is InChI=1S/C12H14O5/c1-6-5-8(9(13)3-4-10(14)15)12(17)7(2)11(6)16/h5,16-17H,3-4H2,1-2H3,(H,14,15). The van der Waals surface area contributed by atoms with Crippen LogP contribution in [-0.4, -0.2) is 27.1 Å². The SMILES string of the molecule is Cc1cc(C(=O)CCC(=O)O)c(O)c(C)c1O. The number of phenolic OH excluding ortho intramolecular Hbond substituents is 2. The lowest BCUT2D eigenvalue weighted by Gasteiger charge is -2.10. The lowest BCUT2D eigenvalue weighted by atomic mass is 9.99. The first-order chi connectivity index (χ1) is 7.84. The summed E-state index contributed by atoms with van der Waals surface area (Å²) in [6.07, 6.45) is -0.455. The molecular weight excluding hydrogens is 224 g/mol. The maximum absolute atomic E-state index is 11.7. The number of hydrogen-bond acceptors (Lipinski definition) is 4. The Bertz CT molecular complexity index is 476. The number of phenols is 2. The summed E-state index contributed by atoms with van der Waals surface area (Å²) in [5, 5.41) is 27.7. The van der Waals surface area contributed by atoms with Crippen molar-refractivity contribution in [3.8, 4) is 11.5 Å². The van der Waals surface area contributed by atoms with Crippen LogP contribution in [0.4, 0.5) is 0 Å². The molecule has 5 nitrogen and oxygen atoms in total. The predicted molar refractivity (Wildman–Crippen MR) is 60.4 cm³/mol. The van der Waals surface area contributed by atoms with E-state index in [1.807, 2.05) is 0 Å². The molecule has 3 N–H and O–H groups in total. The summed E-state index contributed by atoms with van der Waals surface area (Å²) >= 11 is 0. The van der Waals surface area contributed by atoms with Crippen molar-refractivity contribution in [1.29, 1.82) is 0 Å². The van der Waals surface area contributed by atoms with Gasteiger partial charge in [0.1, 0.15) is 11.5 Å². The Morgan fingerprint density at radius 1 is 1.12 bits per heavy atom. The molecule has 1 aromatic carbocycles. The fourth-order valence-electron chi connectivity index (χ4n) is 1.53. The van der Waals surface area contributed by atoms with Crippen LogP contribution in [0.25, 0.3) is 0 Å². The third-order valence-electron chi connectivity index (χ3n) is 2.57. The van der Waals surface area contributed by atoms with Gasteiger partial charge in [0.15, 0.2) is 5.78 Å². The van der Waals surface area contributed by atoms with Crippen molar-refractivity contribution in [3.63, 3.8) is 0 Å². The van der Waals surface area contributed by atoms with Crippen LogP contribution in [0.1, 0.15) is 34.3 Å². The van der Waals surface area contributed by atoms with Crippen LogP contribution in [0, 0.1) is 13.8 Å². The minimum absolute atomic E-state index is 0.0547. The highest BCUT2D eigenvalue weighted by molar-refractivity contribution is 6.00. The van der Waals surface area contributed by atoms with Gasteiger partial charge in [0, 0.05) is 12.0 Å². The zero-order valence-corrected chi connectivity index (χ0v) is 9.65. The van der Waals surface area contributed by atoms with Gasteiger partial charge in [0.2, 0.25) is 0 Å². The second-order valence-electron chi connectivity index (χ2n) is 3.88. The van der Waals surface area contributed by atoms with Crippen LogP contribution in [0.3, 0.4) is 0 Å². The topological polar surface area (TPSA) is 94.8 Å². The van der Waals surface area contributed by atoms with E-state index in [0.717, 1.165) is 0 Å². The van der Waals surface area contributed by atoms with E-state index in [4.69, 9.17) is 5.11 Å². The largest absolute Gasteiger partial charge is 0.507 e. The Labute approximate surface area is 98.3 Å². The summed E-state index contributed by atoms with van der Waals surface area (Å²) in [5.41, 5.74) is 0.752. The number of aliphatic carboxylic acids is 1. The molecule has 1 aromatic rings. The molecule has 0 spiro atoms. The van der Waals surface area contributed by atoms with Crippen molar-refractivity contribution in [2.75, 3.05) is 0 Å². The molecule has 0 saturated heterocycles. The third kappa shape index (κ3) is 2.75. The number of rotatable bonds is 4. The first kappa shape index (κ1) is 13.0. The van der Waals surface area contributed by atoms with Gasteiger partial charge in [-0.15, -0.1) is 0 Å². The molecule has 1 rings (SSSR count). The number of ketones is 1. The van der Waals surface area contributed by atoms with E-state index in [1.54, 1.807) is 6.92 Å². The second kappa shape index (κ2) is 4.86. The van der Waals surface area contributed by atoms with Crippen LogP contribution >= 0.6 is 0 Å². The van der Waals surface area contributed by atoms with E-state index in [9.17, 15) is 19.8 Å². The molecule has 0 radical (unpaired) electrons. The Balaban J connectivity index is 3.06. The average molecular weight is 238 g/mol. The fourth-order valence-corrected chi connectivity index (χ4v) is 1.53.